The number of carbonyl (C=O) groups excluding carboxylic acids is 1. The molecule has 0 atom stereocenters. The molecule has 0 bridgehead atoms. The lowest BCUT2D eigenvalue weighted by Crippen LogP contribution is -2.33. The number of fused-ring (bicyclic) bond motifs is 1. The SMILES string of the molecule is CCOc1ncnc2c1CCN(C(=O)c1cscn1)CC2. The Morgan fingerprint density at radius 3 is 2.95 bits per heavy atom. The molecule has 3 heterocycles. The first-order valence-electron chi connectivity index (χ1n) is 6.92. The quantitative estimate of drug-likeness (QED) is 0.861. The number of aromatic nitrogens is 3. The van der Waals surface area contributed by atoms with Crippen molar-refractivity contribution < 1.29 is 9.53 Å². The van der Waals surface area contributed by atoms with Crippen LogP contribution in [-0.2, 0) is 12.8 Å². The lowest BCUT2D eigenvalue weighted by molar-refractivity contribution is 0.0757. The summed E-state index contributed by atoms with van der Waals surface area (Å²) in [6, 6.07) is 0. The van der Waals surface area contributed by atoms with E-state index in [2.05, 4.69) is 15.0 Å². The molecule has 7 heteroatoms. The Hall–Kier alpha value is -2.02. The number of thiazole rings is 1. The fourth-order valence-corrected chi connectivity index (χ4v) is 2.97. The number of rotatable bonds is 3. The lowest BCUT2D eigenvalue weighted by atomic mass is 10.1. The second-order valence-electron chi connectivity index (χ2n) is 4.70. The second-order valence-corrected chi connectivity index (χ2v) is 5.42. The van der Waals surface area contributed by atoms with E-state index in [1.165, 1.54) is 17.7 Å². The van der Waals surface area contributed by atoms with Gasteiger partial charge in [-0.2, -0.15) is 0 Å². The summed E-state index contributed by atoms with van der Waals surface area (Å²) in [5.74, 6) is 0.625. The molecule has 110 valence electrons. The first-order chi connectivity index (χ1) is 10.3. The number of amides is 1. The summed E-state index contributed by atoms with van der Waals surface area (Å²) in [7, 11) is 0. The first kappa shape index (κ1) is 13.9. The van der Waals surface area contributed by atoms with Gasteiger partial charge in [-0.05, 0) is 13.3 Å². The fourth-order valence-electron chi connectivity index (χ4n) is 2.44. The van der Waals surface area contributed by atoms with Crippen molar-refractivity contribution in [3.8, 4) is 5.88 Å². The summed E-state index contributed by atoms with van der Waals surface area (Å²) in [6.45, 7) is 3.79. The molecular formula is C14H16N4O2S. The fraction of sp³-hybridized carbons (Fsp3) is 0.429. The van der Waals surface area contributed by atoms with Crippen molar-refractivity contribution in [3.05, 3.63) is 34.2 Å². The zero-order valence-corrected chi connectivity index (χ0v) is 12.6. The predicted molar refractivity (Wildman–Crippen MR) is 78.6 cm³/mol. The average Bonchev–Trinajstić information content (AvgIpc) is 2.94. The molecule has 6 nitrogen and oxygen atoms in total. The number of nitrogens with zero attached hydrogens (tertiary/aromatic N) is 4. The van der Waals surface area contributed by atoms with Crippen LogP contribution in [0, 0.1) is 0 Å². The Morgan fingerprint density at radius 2 is 2.19 bits per heavy atom. The lowest BCUT2D eigenvalue weighted by Gasteiger charge is -2.18. The molecule has 1 aliphatic rings. The predicted octanol–water partition coefficient (Wildman–Crippen LogP) is 1.57. The Balaban J connectivity index is 1.79. The van der Waals surface area contributed by atoms with E-state index in [1.807, 2.05) is 11.8 Å². The van der Waals surface area contributed by atoms with Crippen molar-refractivity contribution in [2.45, 2.75) is 19.8 Å². The van der Waals surface area contributed by atoms with Crippen LogP contribution in [0.4, 0.5) is 0 Å². The molecule has 1 amide bonds. The molecule has 0 spiro atoms. The van der Waals surface area contributed by atoms with Gasteiger partial charge in [0.15, 0.2) is 0 Å². The maximum Gasteiger partial charge on any atom is 0.273 e. The first-order valence-corrected chi connectivity index (χ1v) is 7.87. The Kier molecular flexibility index (Phi) is 4.10. The van der Waals surface area contributed by atoms with Crippen LogP contribution < -0.4 is 4.74 Å². The Morgan fingerprint density at radius 1 is 1.33 bits per heavy atom. The van der Waals surface area contributed by atoms with E-state index in [1.54, 1.807) is 10.9 Å². The molecule has 0 N–H and O–H groups in total. The minimum Gasteiger partial charge on any atom is -0.478 e. The van der Waals surface area contributed by atoms with Gasteiger partial charge in [0.05, 0.1) is 17.8 Å². The van der Waals surface area contributed by atoms with Crippen LogP contribution in [0.5, 0.6) is 5.88 Å². The third-order valence-corrected chi connectivity index (χ3v) is 4.05. The highest BCUT2D eigenvalue weighted by Crippen LogP contribution is 2.22. The van der Waals surface area contributed by atoms with Crippen LogP contribution in [-0.4, -0.2) is 45.5 Å². The molecule has 2 aromatic rings. The van der Waals surface area contributed by atoms with Gasteiger partial charge in [-0.15, -0.1) is 11.3 Å². The van der Waals surface area contributed by atoms with Crippen LogP contribution in [0.3, 0.4) is 0 Å². The topological polar surface area (TPSA) is 68.2 Å². The minimum absolute atomic E-state index is 0.0185. The summed E-state index contributed by atoms with van der Waals surface area (Å²) < 4.78 is 5.56. The van der Waals surface area contributed by atoms with Gasteiger partial charge >= 0.3 is 0 Å². The van der Waals surface area contributed by atoms with E-state index < -0.39 is 0 Å². The zero-order valence-electron chi connectivity index (χ0n) is 11.8. The number of hydrogen-bond acceptors (Lipinski definition) is 6. The Bertz CT molecular complexity index is 630. The molecule has 0 aliphatic carbocycles. The summed E-state index contributed by atoms with van der Waals surface area (Å²) >= 11 is 1.43. The van der Waals surface area contributed by atoms with E-state index in [0.717, 1.165) is 11.3 Å². The van der Waals surface area contributed by atoms with Gasteiger partial charge in [0.1, 0.15) is 12.0 Å². The van der Waals surface area contributed by atoms with Crippen molar-refractivity contribution in [2.75, 3.05) is 19.7 Å². The largest absolute Gasteiger partial charge is 0.478 e. The van der Waals surface area contributed by atoms with Crippen molar-refractivity contribution in [2.24, 2.45) is 0 Å². The van der Waals surface area contributed by atoms with Gasteiger partial charge in [0.2, 0.25) is 5.88 Å². The van der Waals surface area contributed by atoms with Crippen LogP contribution in [0.15, 0.2) is 17.2 Å². The van der Waals surface area contributed by atoms with E-state index >= 15 is 0 Å². The highest BCUT2D eigenvalue weighted by Gasteiger charge is 2.23. The van der Waals surface area contributed by atoms with E-state index in [0.29, 0.717) is 44.1 Å². The molecule has 0 radical (unpaired) electrons. The molecule has 21 heavy (non-hydrogen) atoms. The van der Waals surface area contributed by atoms with Crippen LogP contribution in [0.2, 0.25) is 0 Å². The monoisotopic (exact) mass is 304 g/mol. The van der Waals surface area contributed by atoms with Gasteiger partial charge in [-0.25, -0.2) is 15.0 Å². The Labute approximate surface area is 126 Å². The second kappa shape index (κ2) is 6.17. The number of carbonyl (C=O) groups is 1. The van der Waals surface area contributed by atoms with E-state index in [9.17, 15) is 4.79 Å². The average molecular weight is 304 g/mol. The maximum absolute atomic E-state index is 12.4. The molecule has 0 unspecified atom stereocenters. The third kappa shape index (κ3) is 2.87. The smallest absolute Gasteiger partial charge is 0.273 e. The number of ether oxygens (including phenoxy) is 1. The van der Waals surface area contributed by atoms with Gasteiger partial charge in [0.25, 0.3) is 5.91 Å². The highest BCUT2D eigenvalue weighted by molar-refractivity contribution is 7.07. The third-order valence-electron chi connectivity index (χ3n) is 3.47. The molecule has 1 aliphatic heterocycles. The minimum atomic E-state index is -0.0185. The van der Waals surface area contributed by atoms with E-state index in [-0.39, 0.29) is 5.91 Å². The molecule has 0 aromatic carbocycles. The van der Waals surface area contributed by atoms with Crippen molar-refractivity contribution in [1.82, 2.24) is 19.9 Å². The zero-order chi connectivity index (χ0) is 14.7. The molecular weight excluding hydrogens is 288 g/mol. The van der Waals surface area contributed by atoms with E-state index in [4.69, 9.17) is 4.74 Å². The maximum atomic E-state index is 12.4. The summed E-state index contributed by atoms with van der Waals surface area (Å²) in [5, 5.41) is 1.78. The van der Waals surface area contributed by atoms with Crippen molar-refractivity contribution in [3.63, 3.8) is 0 Å². The highest BCUT2D eigenvalue weighted by atomic mass is 32.1. The van der Waals surface area contributed by atoms with Gasteiger partial charge in [0, 0.05) is 30.5 Å². The normalized spacial score (nSPS) is 14.4. The standard InChI is InChI=1S/C14H16N4O2S/c1-2-20-13-10-3-5-18(6-4-11(10)15-8-16-13)14(19)12-7-21-9-17-12/h7-9H,2-6H2,1H3. The van der Waals surface area contributed by atoms with Crippen LogP contribution in [0.1, 0.15) is 28.7 Å². The summed E-state index contributed by atoms with van der Waals surface area (Å²) in [4.78, 5) is 26.8. The van der Waals surface area contributed by atoms with Crippen molar-refractivity contribution >= 4 is 17.2 Å². The number of hydrogen-bond donors (Lipinski definition) is 0. The van der Waals surface area contributed by atoms with Crippen molar-refractivity contribution in [1.29, 1.82) is 0 Å². The van der Waals surface area contributed by atoms with Gasteiger partial charge < -0.3 is 9.64 Å². The van der Waals surface area contributed by atoms with Crippen LogP contribution in [0.25, 0.3) is 0 Å². The van der Waals surface area contributed by atoms with Gasteiger partial charge in [-0.3, -0.25) is 4.79 Å². The summed E-state index contributed by atoms with van der Waals surface area (Å²) in [6.07, 6.45) is 2.96. The molecule has 0 fully saturated rings. The van der Waals surface area contributed by atoms with Gasteiger partial charge in [-0.1, -0.05) is 0 Å². The summed E-state index contributed by atoms with van der Waals surface area (Å²) in [5.41, 5.74) is 4.19. The molecule has 2 aromatic heterocycles. The molecule has 0 saturated carbocycles. The molecule has 0 saturated heterocycles. The molecule has 3 rings (SSSR count). The van der Waals surface area contributed by atoms with Crippen LogP contribution >= 0.6 is 11.3 Å².